The lowest BCUT2D eigenvalue weighted by Crippen LogP contribution is -2.31. The highest BCUT2D eigenvalue weighted by molar-refractivity contribution is 5.91. The second kappa shape index (κ2) is 7.50. The Morgan fingerprint density at radius 2 is 2.22 bits per heavy atom. The van der Waals surface area contributed by atoms with Crippen LogP contribution >= 0.6 is 0 Å². The van der Waals surface area contributed by atoms with Crippen molar-refractivity contribution in [2.24, 2.45) is 5.92 Å². The zero-order valence-electron chi connectivity index (χ0n) is 10.6. The number of hydrogen-bond donors (Lipinski definition) is 2. The van der Waals surface area contributed by atoms with Gasteiger partial charge in [0, 0.05) is 13.0 Å². The minimum absolute atomic E-state index is 0.157. The van der Waals surface area contributed by atoms with Gasteiger partial charge in [0.2, 0.25) is 5.91 Å². The maximum atomic E-state index is 11.4. The summed E-state index contributed by atoms with van der Waals surface area (Å²) in [5, 5.41) is 2.57. The van der Waals surface area contributed by atoms with Gasteiger partial charge in [-0.05, 0) is 18.1 Å². The molecule has 0 bridgehead atoms. The Morgan fingerprint density at radius 1 is 1.44 bits per heavy atom. The maximum Gasteiger partial charge on any atom is 0.286 e. The predicted molar refractivity (Wildman–Crippen MR) is 64.6 cm³/mol. The quantitative estimate of drug-likeness (QED) is 0.714. The van der Waals surface area contributed by atoms with Crippen molar-refractivity contribution in [2.45, 2.75) is 20.3 Å². The average molecular weight is 254 g/mol. The number of carbonyl (C=O) groups is 2. The lowest BCUT2D eigenvalue weighted by molar-refractivity contribution is -0.134. The lowest BCUT2D eigenvalue weighted by Gasteiger charge is -2.07. The molecule has 1 aromatic heterocycles. The van der Waals surface area contributed by atoms with E-state index in [9.17, 15) is 9.59 Å². The first-order valence-corrected chi connectivity index (χ1v) is 5.82. The van der Waals surface area contributed by atoms with Gasteiger partial charge < -0.3 is 9.73 Å². The third-order valence-electron chi connectivity index (χ3n) is 1.99. The SMILES string of the molecule is CC(C)CONC(=O)CCNC(=O)c1ccco1. The summed E-state index contributed by atoms with van der Waals surface area (Å²) in [4.78, 5) is 27.7. The molecule has 0 saturated heterocycles. The Kier molecular flexibility index (Phi) is 5.93. The molecule has 0 saturated carbocycles. The van der Waals surface area contributed by atoms with E-state index in [1.807, 2.05) is 13.8 Å². The Labute approximate surface area is 106 Å². The van der Waals surface area contributed by atoms with E-state index in [1.54, 1.807) is 12.1 Å². The molecule has 18 heavy (non-hydrogen) atoms. The van der Waals surface area contributed by atoms with E-state index in [1.165, 1.54) is 6.26 Å². The van der Waals surface area contributed by atoms with Crippen LogP contribution in [0.15, 0.2) is 22.8 Å². The van der Waals surface area contributed by atoms with E-state index in [4.69, 9.17) is 9.25 Å². The summed E-state index contributed by atoms with van der Waals surface area (Å²) in [5.41, 5.74) is 2.31. The van der Waals surface area contributed by atoms with Crippen molar-refractivity contribution in [3.63, 3.8) is 0 Å². The number of furan rings is 1. The Hall–Kier alpha value is -1.82. The summed E-state index contributed by atoms with van der Waals surface area (Å²) in [6.45, 7) is 4.66. The number of hydrogen-bond acceptors (Lipinski definition) is 4. The minimum Gasteiger partial charge on any atom is -0.459 e. The van der Waals surface area contributed by atoms with Crippen molar-refractivity contribution in [3.05, 3.63) is 24.2 Å². The number of amides is 2. The van der Waals surface area contributed by atoms with Gasteiger partial charge in [0.1, 0.15) is 0 Å². The monoisotopic (exact) mass is 254 g/mol. The van der Waals surface area contributed by atoms with Crippen LogP contribution in [0.3, 0.4) is 0 Å². The number of hydroxylamine groups is 1. The van der Waals surface area contributed by atoms with Gasteiger partial charge in [0.15, 0.2) is 5.76 Å². The molecule has 2 N–H and O–H groups in total. The Morgan fingerprint density at radius 3 is 2.83 bits per heavy atom. The summed E-state index contributed by atoms with van der Waals surface area (Å²) in [6, 6.07) is 3.18. The van der Waals surface area contributed by atoms with Crippen LogP contribution in [0.25, 0.3) is 0 Å². The summed E-state index contributed by atoms with van der Waals surface area (Å²) < 4.78 is 4.91. The van der Waals surface area contributed by atoms with Crippen molar-refractivity contribution in [1.82, 2.24) is 10.8 Å². The molecule has 1 rings (SSSR count). The second-order valence-electron chi connectivity index (χ2n) is 4.21. The molecule has 0 aliphatic rings. The zero-order chi connectivity index (χ0) is 13.4. The van der Waals surface area contributed by atoms with Gasteiger partial charge in [-0.25, -0.2) is 5.48 Å². The fourth-order valence-electron chi connectivity index (χ4n) is 1.12. The molecule has 6 nitrogen and oxygen atoms in total. The number of rotatable bonds is 7. The highest BCUT2D eigenvalue weighted by Gasteiger charge is 2.08. The molecule has 1 heterocycles. The number of nitrogens with one attached hydrogen (secondary N) is 2. The molecule has 0 radical (unpaired) electrons. The van der Waals surface area contributed by atoms with Gasteiger partial charge in [-0.2, -0.15) is 0 Å². The molecule has 2 amide bonds. The van der Waals surface area contributed by atoms with Crippen LogP contribution in [-0.4, -0.2) is 25.0 Å². The van der Waals surface area contributed by atoms with Gasteiger partial charge in [0.25, 0.3) is 5.91 Å². The van der Waals surface area contributed by atoms with E-state index in [-0.39, 0.29) is 30.5 Å². The van der Waals surface area contributed by atoms with Crippen LogP contribution < -0.4 is 10.8 Å². The van der Waals surface area contributed by atoms with E-state index in [0.717, 1.165) is 0 Å². The van der Waals surface area contributed by atoms with E-state index >= 15 is 0 Å². The summed E-state index contributed by atoms with van der Waals surface area (Å²) in [6.07, 6.45) is 1.58. The van der Waals surface area contributed by atoms with Crippen molar-refractivity contribution in [3.8, 4) is 0 Å². The van der Waals surface area contributed by atoms with E-state index < -0.39 is 0 Å². The van der Waals surface area contributed by atoms with Gasteiger partial charge in [-0.15, -0.1) is 0 Å². The van der Waals surface area contributed by atoms with Crippen LogP contribution in [0.1, 0.15) is 30.8 Å². The van der Waals surface area contributed by atoms with Crippen molar-refractivity contribution in [2.75, 3.05) is 13.2 Å². The lowest BCUT2D eigenvalue weighted by atomic mass is 10.2. The summed E-state index contributed by atoms with van der Waals surface area (Å²) in [7, 11) is 0. The Bertz CT molecular complexity index is 373. The Balaban J connectivity index is 2.10. The van der Waals surface area contributed by atoms with Gasteiger partial charge in [-0.3, -0.25) is 14.4 Å². The molecule has 0 aromatic carbocycles. The topological polar surface area (TPSA) is 80.6 Å². The minimum atomic E-state index is -0.337. The van der Waals surface area contributed by atoms with E-state index in [2.05, 4.69) is 10.8 Å². The first-order valence-electron chi connectivity index (χ1n) is 5.82. The zero-order valence-corrected chi connectivity index (χ0v) is 10.6. The molecule has 0 unspecified atom stereocenters. The summed E-state index contributed by atoms with van der Waals surface area (Å²) in [5.74, 6) is -0.0262. The van der Waals surface area contributed by atoms with Crippen molar-refractivity contribution < 1.29 is 18.8 Å². The van der Waals surface area contributed by atoms with Crippen molar-refractivity contribution in [1.29, 1.82) is 0 Å². The van der Waals surface area contributed by atoms with Crippen LogP contribution in [0.4, 0.5) is 0 Å². The second-order valence-corrected chi connectivity index (χ2v) is 4.21. The smallest absolute Gasteiger partial charge is 0.286 e. The molecule has 100 valence electrons. The first-order chi connectivity index (χ1) is 8.59. The van der Waals surface area contributed by atoms with Gasteiger partial charge >= 0.3 is 0 Å². The first kappa shape index (κ1) is 14.2. The molecule has 0 aliphatic carbocycles. The molecule has 0 atom stereocenters. The summed E-state index contributed by atoms with van der Waals surface area (Å²) >= 11 is 0. The molecule has 0 aliphatic heterocycles. The largest absolute Gasteiger partial charge is 0.459 e. The van der Waals surface area contributed by atoms with Crippen LogP contribution in [0, 0.1) is 5.92 Å². The molecule has 0 fully saturated rings. The fraction of sp³-hybridized carbons (Fsp3) is 0.500. The molecular formula is C12H18N2O4. The van der Waals surface area contributed by atoms with Crippen LogP contribution in [0.2, 0.25) is 0 Å². The molecule has 1 aromatic rings. The van der Waals surface area contributed by atoms with Crippen LogP contribution in [0.5, 0.6) is 0 Å². The number of carbonyl (C=O) groups excluding carboxylic acids is 2. The van der Waals surface area contributed by atoms with E-state index in [0.29, 0.717) is 12.5 Å². The highest BCUT2D eigenvalue weighted by atomic mass is 16.6. The van der Waals surface area contributed by atoms with Gasteiger partial charge in [0.05, 0.1) is 12.9 Å². The highest BCUT2D eigenvalue weighted by Crippen LogP contribution is 1.98. The third-order valence-corrected chi connectivity index (χ3v) is 1.99. The third kappa shape index (κ3) is 5.49. The maximum absolute atomic E-state index is 11.4. The predicted octanol–water partition coefficient (Wildman–Crippen LogP) is 1.10. The normalized spacial score (nSPS) is 10.4. The molecular weight excluding hydrogens is 236 g/mol. The van der Waals surface area contributed by atoms with Crippen LogP contribution in [-0.2, 0) is 9.63 Å². The van der Waals surface area contributed by atoms with Crippen molar-refractivity contribution >= 4 is 11.8 Å². The van der Waals surface area contributed by atoms with Gasteiger partial charge in [-0.1, -0.05) is 13.8 Å². The molecule has 0 spiro atoms. The molecule has 6 heteroatoms. The fourth-order valence-corrected chi connectivity index (χ4v) is 1.12. The average Bonchev–Trinajstić information content (AvgIpc) is 2.81. The standard InChI is InChI=1S/C12H18N2O4/c1-9(2)8-18-14-11(15)5-6-13-12(16)10-4-3-7-17-10/h3-4,7,9H,5-6,8H2,1-2H3,(H,13,16)(H,14,15).